The Morgan fingerprint density at radius 2 is 2.47 bits per heavy atom. The maximum atomic E-state index is 11.8. The summed E-state index contributed by atoms with van der Waals surface area (Å²) in [6.07, 6.45) is 6.36. The standard InChI is InChI=1S/C10H11ClN4O2/c1-3-4-15-10(17)8(7(11)5-13-15)14-6(2)9(12)16/h1,5-6,14H,4H2,2H3,(H2,12,16). The topological polar surface area (TPSA) is 90.0 Å². The summed E-state index contributed by atoms with van der Waals surface area (Å²) >= 11 is 5.81. The van der Waals surface area contributed by atoms with Crippen LogP contribution >= 0.6 is 11.6 Å². The van der Waals surface area contributed by atoms with Crippen LogP contribution in [0.15, 0.2) is 11.0 Å². The summed E-state index contributed by atoms with van der Waals surface area (Å²) in [6, 6.07) is -0.720. The van der Waals surface area contributed by atoms with Gasteiger partial charge < -0.3 is 11.1 Å². The van der Waals surface area contributed by atoms with Crippen molar-refractivity contribution in [2.75, 3.05) is 5.32 Å². The van der Waals surface area contributed by atoms with Gasteiger partial charge in [0.2, 0.25) is 5.91 Å². The van der Waals surface area contributed by atoms with Crippen molar-refractivity contribution in [3.05, 3.63) is 21.6 Å². The lowest BCUT2D eigenvalue weighted by Gasteiger charge is -2.13. The van der Waals surface area contributed by atoms with Gasteiger partial charge in [-0.25, -0.2) is 4.68 Å². The summed E-state index contributed by atoms with van der Waals surface area (Å²) in [7, 11) is 0. The molecular formula is C10H11ClN4O2. The van der Waals surface area contributed by atoms with Crippen LogP contribution in [0.1, 0.15) is 6.92 Å². The van der Waals surface area contributed by atoms with Crippen molar-refractivity contribution in [3.63, 3.8) is 0 Å². The first kappa shape index (κ1) is 13.1. The Kier molecular flexibility index (Phi) is 4.12. The summed E-state index contributed by atoms with van der Waals surface area (Å²) < 4.78 is 1.06. The van der Waals surface area contributed by atoms with Gasteiger partial charge in [-0.05, 0) is 6.92 Å². The number of rotatable bonds is 4. The molecule has 1 aromatic heterocycles. The van der Waals surface area contributed by atoms with Crippen LogP contribution in [0.25, 0.3) is 0 Å². The van der Waals surface area contributed by atoms with E-state index in [0.29, 0.717) is 0 Å². The molecule has 0 aliphatic carbocycles. The molecule has 3 N–H and O–H groups in total. The third kappa shape index (κ3) is 2.98. The van der Waals surface area contributed by atoms with Gasteiger partial charge in [-0.3, -0.25) is 9.59 Å². The summed E-state index contributed by atoms with van der Waals surface area (Å²) in [6.45, 7) is 1.54. The Morgan fingerprint density at radius 1 is 1.82 bits per heavy atom. The first-order valence-electron chi connectivity index (χ1n) is 4.72. The number of primary amides is 1. The number of nitrogens with one attached hydrogen (secondary N) is 1. The molecule has 1 rings (SSSR count). The Balaban J connectivity index is 3.15. The molecule has 0 radical (unpaired) electrons. The van der Waals surface area contributed by atoms with Gasteiger partial charge in [0.1, 0.15) is 18.3 Å². The lowest BCUT2D eigenvalue weighted by molar-refractivity contribution is -0.118. The third-order valence-electron chi connectivity index (χ3n) is 2.03. The SMILES string of the molecule is C#CCn1ncc(Cl)c(NC(C)C(N)=O)c1=O. The highest BCUT2D eigenvalue weighted by Crippen LogP contribution is 2.15. The number of nitrogens with zero attached hydrogens (tertiary/aromatic N) is 2. The Hall–Kier alpha value is -2.00. The quantitative estimate of drug-likeness (QED) is 0.729. The molecule has 0 bridgehead atoms. The van der Waals surface area contributed by atoms with E-state index in [1.54, 1.807) is 0 Å². The van der Waals surface area contributed by atoms with Crippen molar-refractivity contribution in [2.45, 2.75) is 19.5 Å². The number of carbonyl (C=O) groups excluding carboxylic acids is 1. The van der Waals surface area contributed by atoms with Crippen LogP contribution < -0.4 is 16.6 Å². The summed E-state index contributed by atoms with van der Waals surface area (Å²) in [5.74, 6) is 1.69. The number of amides is 1. The van der Waals surface area contributed by atoms with Crippen LogP contribution in [-0.4, -0.2) is 21.7 Å². The zero-order chi connectivity index (χ0) is 13.0. The van der Waals surface area contributed by atoms with Crippen LogP contribution in [0.2, 0.25) is 5.02 Å². The van der Waals surface area contributed by atoms with E-state index in [1.807, 2.05) is 0 Å². The maximum Gasteiger partial charge on any atom is 0.292 e. The molecule has 0 spiro atoms. The highest BCUT2D eigenvalue weighted by Gasteiger charge is 2.15. The minimum atomic E-state index is -0.720. The predicted octanol–water partition coefficient (Wildman–Crippen LogP) is -0.184. The second-order valence-corrected chi connectivity index (χ2v) is 3.71. The molecule has 0 aromatic carbocycles. The zero-order valence-electron chi connectivity index (χ0n) is 9.11. The van der Waals surface area contributed by atoms with Crippen LogP contribution in [0, 0.1) is 12.3 Å². The fourth-order valence-corrected chi connectivity index (χ4v) is 1.27. The number of aromatic nitrogens is 2. The number of halogens is 1. The molecule has 1 atom stereocenters. The molecule has 7 heteroatoms. The summed E-state index contributed by atoms with van der Waals surface area (Å²) in [5.41, 5.74) is 4.64. The normalized spacial score (nSPS) is 11.6. The van der Waals surface area contributed by atoms with Crippen LogP contribution in [-0.2, 0) is 11.3 Å². The lowest BCUT2D eigenvalue weighted by atomic mass is 10.3. The monoisotopic (exact) mass is 254 g/mol. The molecule has 0 fully saturated rings. The van der Waals surface area contributed by atoms with Gasteiger partial charge in [0.25, 0.3) is 5.56 Å². The first-order chi connectivity index (χ1) is 7.97. The van der Waals surface area contributed by atoms with Crippen molar-refractivity contribution < 1.29 is 4.79 Å². The Labute approximate surface area is 103 Å². The second-order valence-electron chi connectivity index (χ2n) is 3.30. The summed E-state index contributed by atoms with van der Waals surface area (Å²) in [4.78, 5) is 22.7. The fourth-order valence-electron chi connectivity index (χ4n) is 1.09. The van der Waals surface area contributed by atoms with Gasteiger partial charge in [0.05, 0.1) is 11.2 Å². The molecule has 1 unspecified atom stereocenters. The van der Waals surface area contributed by atoms with Crippen LogP contribution in [0.5, 0.6) is 0 Å². The average Bonchev–Trinajstić information content (AvgIpc) is 2.28. The maximum absolute atomic E-state index is 11.8. The Morgan fingerprint density at radius 3 is 3.00 bits per heavy atom. The molecule has 17 heavy (non-hydrogen) atoms. The molecule has 0 saturated heterocycles. The lowest BCUT2D eigenvalue weighted by Crippen LogP contribution is -2.36. The van der Waals surface area contributed by atoms with Crippen LogP contribution in [0.3, 0.4) is 0 Å². The zero-order valence-corrected chi connectivity index (χ0v) is 9.86. The van der Waals surface area contributed by atoms with E-state index in [0.717, 1.165) is 4.68 Å². The highest BCUT2D eigenvalue weighted by molar-refractivity contribution is 6.33. The smallest absolute Gasteiger partial charge is 0.292 e. The van der Waals surface area contributed by atoms with Crippen LogP contribution in [0.4, 0.5) is 5.69 Å². The third-order valence-corrected chi connectivity index (χ3v) is 2.31. The van der Waals surface area contributed by atoms with E-state index in [9.17, 15) is 9.59 Å². The van der Waals surface area contributed by atoms with Crippen molar-refractivity contribution in [3.8, 4) is 12.3 Å². The molecule has 6 nitrogen and oxygen atoms in total. The van der Waals surface area contributed by atoms with Crippen molar-refractivity contribution in [1.82, 2.24) is 9.78 Å². The van der Waals surface area contributed by atoms with E-state index >= 15 is 0 Å². The molecule has 0 aliphatic heterocycles. The van der Waals surface area contributed by atoms with E-state index in [-0.39, 0.29) is 17.3 Å². The van der Waals surface area contributed by atoms with Crippen molar-refractivity contribution in [2.24, 2.45) is 5.73 Å². The highest BCUT2D eigenvalue weighted by atomic mass is 35.5. The van der Waals surface area contributed by atoms with Gasteiger partial charge in [-0.15, -0.1) is 6.42 Å². The molecule has 1 amide bonds. The summed E-state index contributed by atoms with van der Waals surface area (Å²) in [5, 5.41) is 6.49. The van der Waals surface area contributed by atoms with Gasteiger partial charge in [0, 0.05) is 0 Å². The van der Waals surface area contributed by atoms with Crippen molar-refractivity contribution in [1.29, 1.82) is 0 Å². The largest absolute Gasteiger partial charge is 0.368 e. The van der Waals surface area contributed by atoms with E-state index in [4.69, 9.17) is 23.8 Å². The molecular weight excluding hydrogens is 244 g/mol. The number of hydrogen-bond donors (Lipinski definition) is 2. The van der Waals surface area contributed by atoms with E-state index in [1.165, 1.54) is 13.1 Å². The molecule has 0 aliphatic rings. The molecule has 1 aromatic rings. The van der Waals surface area contributed by atoms with Crippen molar-refractivity contribution >= 4 is 23.2 Å². The minimum Gasteiger partial charge on any atom is -0.368 e. The molecule has 0 saturated carbocycles. The number of carbonyl (C=O) groups is 1. The Bertz CT molecular complexity index is 532. The van der Waals surface area contributed by atoms with Gasteiger partial charge in [-0.2, -0.15) is 5.10 Å². The average molecular weight is 255 g/mol. The van der Waals surface area contributed by atoms with Gasteiger partial charge in [0.15, 0.2) is 0 Å². The molecule has 1 heterocycles. The number of anilines is 1. The van der Waals surface area contributed by atoms with E-state index in [2.05, 4.69) is 16.3 Å². The first-order valence-corrected chi connectivity index (χ1v) is 5.10. The number of nitrogens with two attached hydrogens (primary N) is 1. The predicted molar refractivity (Wildman–Crippen MR) is 64.6 cm³/mol. The number of hydrogen-bond acceptors (Lipinski definition) is 4. The second kappa shape index (κ2) is 5.37. The van der Waals surface area contributed by atoms with E-state index < -0.39 is 17.5 Å². The number of terminal acetylenes is 1. The fraction of sp³-hybridized carbons (Fsp3) is 0.300. The minimum absolute atomic E-state index is 0.0234. The van der Waals surface area contributed by atoms with Gasteiger partial charge >= 0.3 is 0 Å². The van der Waals surface area contributed by atoms with Gasteiger partial charge in [-0.1, -0.05) is 17.5 Å². The molecule has 90 valence electrons.